The molecule has 0 aliphatic carbocycles. The molecule has 1 aliphatic heterocycles. The van der Waals surface area contributed by atoms with Gasteiger partial charge >= 0.3 is 5.97 Å². The van der Waals surface area contributed by atoms with Crippen molar-refractivity contribution in [1.29, 1.82) is 0 Å². The van der Waals surface area contributed by atoms with Crippen LogP contribution in [0, 0.1) is 6.92 Å². The van der Waals surface area contributed by atoms with E-state index in [0.29, 0.717) is 16.7 Å². The van der Waals surface area contributed by atoms with E-state index in [1.165, 1.54) is 9.87 Å². The molecular formula is C29H36N4O5S2. The van der Waals surface area contributed by atoms with Crippen LogP contribution >= 0.6 is 11.3 Å². The minimum absolute atomic E-state index is 0.0490. The fraction of sp³-hybridized carbons (Fsp3) is 0.414. The molecule has 2 N–H and O–H groups in total. The molecule has 1 saturated heterocycles. The number of rotatable bonds is 9. The van der Waals surface area contributed by atoms with Crippen molar-refractivity contribution in [3.8, 4) is 0 Å². The third-order valence-corrected chi connectivity index (χ3v) is 10.3. The third kappa shape index (κ3) is 6.37. The summed E-state index contributed by atoms with van der Waals surface area (Å²) in [5.74, 6) is -0.843. The Hall–Kier alpha value is -3.28. The monoisotopic (exact) mass is 584 g/mol. The van der Waals surface area contributed by atoms with Crippen molar-refractivity contribution in [2.45, 2.75) is 63.9 Å². The lowest BCUT2D eigenvalue weighted by atomic mass is 10.0. The maximum Gasteiger partial charge on any atom is 0.347 e. The van der Waals surface area contributed by atoms with Crippen molar-refractivity contribution >= 4 is 38.4 Å². The maximum atomic E-state index is 13.8. The van der Waals surface area contributed by atoms with E-state index in [4.69, 9.17) is 0 Å². The van der Waals surface area contributed by atoms with Crippen LogP contribution in [0.15, 0.2) is 53.4 Å². The molecule has 1 fully saturated rings. The van der Waals surface area contributed by atoms with Crippen molar-refractivity contribution in [2.24, 2.45) is 0 Å². The quantitative estimate of drug-likeness (QED) is 0.377. The molecule has 11 heteroatoms. The number of hydrogen-bond donors (Lipinski definition) is 2. The van der Waals surface area contributed by atoms with Gasteiger partial charge in [0.15, 0.2) is 5.13 Å². The molecule has 1 aliphatic rings. The highest BCUT2D eigenvalue weighted by atomic mass is 32.2. The van der Waals surface area contributed by atoms with Gasteiger partial charge < -0.3 is 15.3 Å². The topological polar surface area (TPSA) is 120 Å². The van der Waals surface area contributed by atoms with E-state index < -0.39 is 27.9 Å². The van der Waals surface area contributed by atoms with Crippen LogP contribution in [0.2, 0.25) is 0 Å². The zero-order valence-corrected chi connectivity index (χ0v) is 25.1. The van der Waals surface area contributed by atoms with Gasteiger partial charge in [0.25, 0.3) is 0 Å². The van der Waals surface area contributed by atoms with Gasteiger partial charge in [-0.1, -0.05) is 75.4 Å². The molecule has 0 spiro atoms. The molecule has 1 amide bonds. The summed E-state index contributed by atoms with van der Waals surface area (Å²) >= 11 is 1.03. The van der Waals surface area contributed by atoms with Gasteiger partial charge in [0.2, 0.25) is 15.9 Å². The molecule has 0 bridgehead atoms. The van der Waals surface area contributed by atoms with E-state index in [2.05, 4.69) is 24.1 Å². The Kier molecular flexibility index (Phi) is 8.96. The molecule has 3 aromatic rings. The summed E-state index contributed by atoms with van der Waals surface area (Å²) < 4.78 is 28.8. The lowest BCUT2D eigenvalue weighted by Gasteiger charge is -2.39. The van der Waals surface area contributed by atoms with E-state index in [1.54, 1.807) is 36.1 Å². The highest BCUT2D eigenvalue weighted by Crippen LogP contribution is 2.30. The minimum atomic E-state index is -3.98. The Morgan fingerprint density at radius 3 is 2.10 bits per heavy atom. The number of carbonyl (C=O) groups excluding carboxylic acids is 1. The van der Waals surface area contributed by atoms with Gasteiger partial charge in [0.05, 0.1) is 10.6 Å². The Labute approximate surface area is 239 Å². The van der Waals surface area contributed by atoms with Crippen molar-refractivity contribution < 1.29 is 23.1 Å². The van der Waals surface area contributed by atoms with Crippen molar-refractivity contribution in [2.75, 3.05) is 24.5 Å². The number of aromatic carboxylic acids is 1. The average molecular weight is 585 g/mol. The van der Waals surface area contributed by atoms with Crippen LogP contribution in [0.25, 0.3) is 0 Å². The number of aryl methyl sites for hydroxylation is 1. The van der Waals surface area contributed by atoms with Crippen LogP contribution < -0.4 is 10.2 Å². The van der Waals surface area contributed by atoms with Gasteiger partial charge in [-0.3, -0.25) is 4.79 Å². The number of carboxylic acids is 1. The lowest BCUT2D eigenvalue weighted by molar-refractivity contribution is -0.125. The fourth-order valence-corrected chi connectivity index (χ4v) is 7.16. The predicted molar refractivity (Wildman–Crippen MR) is 157 cm³/mol. The number of amides is 1. The fourth-order valence-electron chi connectivity index (χ4n) is 4.64. The number of thiazole rings is 1. The number of carbonyl (C=O) groups is 2. The van der Waals surface area contributed by atoms with Crippen LogP contribution in [0.4, 0.5) is 5.13 Å². The van der Waals surface area contributed by atoms with Gasteiger partial charge in [0.1, 0.15) is 10.9 Å². The molecule has 2 heterocycles. The second kappa shape index (κ2) is 12.1. The predicted octanol–water partition coefficient (Wildman–Crippen LogP) is 4.59. The number of anilines is 1. The van der Waals surface area contributed by atoms with Gasteiger partial charge in [-0.2, -0.15) is 4.31 Å². The standard InChI is InChI=1S/C29H36N4O5S2/c1-18(2)22-8-6-21(7-9-22)16-30-27(34)25-17-32(29-31-20(5)26(39-29)28(35)36)14-15-33(25)40(37,38)24-12-10-23(11-13-24)19(3)4/h6-13,18-19,25H,14-17H2,1-5H3,(H,30,34)(H,35,36). The summed E-state index contributed by atoms with van der Waals surface area (Å²) in [5, 5.41) is 12.8. The first-order valence-corrected chi connectivity index (χ1v) is 15.6. The number of carboxylic acid groups (broad SMARTS) is 1. The Bertz CT molecular complexity index is 1470. The van der Waals surface area contributed by atoms with Gasteiger partial charge in [-0.05, 0) is 47.6 Å². The second-order valence-electron chi connectivity index (χ2n) is 10.6. The van der Waals surface area contributed by atoms with E-state index in [1.807, 2.05) is 38.1 Å². The summed E-state index contributed by atoms with van der Waals surface area (Å²) in [6, 6.07) is 13.7. The molecule has 1 unspecified atom stereocenters. The molecule has 2 aromatic carbocycles. The molecule has 0 radical (unpaired) electrons. The van der Waals surface area contributed by atoms with Gasteiger partial charge in [-0.25, -0.2) is 18.2 Å². The first-order valence-electron chi connectivity index (χ1n) is 13.3. The first-order chi connectivity index (χ1) is 18.9. The Balaban J connectivity index is 1.60. The molecule has 214 valence electrons. The van der Waals surface area contributed by atoms with E-state index in [0.717, 1.165) is 22.5 Å². The molecule has 1 aromatic heterocycles. The second-order valence-corrected chi connectivity index (χ2v) is 13.5. The van der Waals surface area contributed by atoms with Gasteiger partial charge in [0, 0.05) is 26.2 Å². The van der Waals surface area contributed by atoms with Crippen molar-refractivity contribution in [1.82, 2.24) is 14.6 Å². The van der Waals surface area contributed by atoms with E-state index in [-0.39, 0.29) is 41.9 Å². The SMILES string of the molecule is Cc1nc(N2CCN(S(=O)(=O)c3ccc(C(C)C)cc3)C(C(=O)NCc3ccc(C(C)C)cc3)C2)sc1C(=O)O. The van der Waals surface area contributed by atoms with Gasteiger partial charge in [-0.15, -0.1) is 0 Å². The van der Waals surface area contributed by atoms with Crippen LogP contribution in [0.5, 0.6) is 0 Å². The van der Waals surface area contributed by atoms with Crippen LogP contribution in [0.1, 0.15) is 71.6 Å². The number of piperazine rings is 1. The van der Waals surface area contributed by atoms with Crippen LogP contribution in [-0.4, -0.2) is 60.4 Å². The highest BCUT2D eigenvalue weighted by Gasteiger charge is 2.41. The first kappa shape index (κ1) is 29.7. The lowest BCUT2D eigenvalue weighted by Crippen LogP contribution is -2.60. The molecule has 1 atom stereocenters. The summed E-state index contributed by atoms with van der Waals surface area (Å²) in [6.45, 7) is 10.6. The number of aromatic nitrogens is 1. The number of sulfonamides is 1. The van der Waals surface area contributed by atoms with Crippen molar-refractivity contribution in [3.05, 3.63) is 75.8 Å². The minimum Gasteiger partial charge on any atom is -0.477 e. The number of nitrogens with one attached hydrogen (secondary N) is 1. The Morgan fingerprint density at radius 2 is 1.57 bits per heavy atom. The molecule has 9 nitrogen and oxygen atoms in total. The van der Waals surface area contributed by atoms with Crippen LogP contribution in [-0.2, 0) is 21.4 Å². The summed E-state index contributed by atoms with van der Waals surface area (Å²) in [4.78, 5) is 31.6. The molecule has 0 saturated carbocycles. The van der Waals surface area contributed by atoms with E-state index >= 15 is 0 Å². The molecular weight excluding hydrogens is 548 g/mol. The number of benzene rings is 2. The Morgan fingerprint density at radius 1 is 1.00 bits per heavy atom. The third-order valence-electron chi connectivity index (χ3n) is 7.15. The zero-order valence-electron chi connectivity index (χ0n) is 23.4. The van der Waals surface area contributed by atoms with Crippen LogP contribution in [0.3, 0.4) is 0 Å². The normalized spacial score (nSPS) is 16.5. The zero-order chi connectivity index (χ0) is 29.2. The highest BCUT2D eigenvalue weighted by molar-refractivity contribution is 7.89. The van der Waals surface area contributed by atoms with Crippen molar-refractivity contribution in [3.63, 3.8) is 0 Å². The number of hydrogen-bond acceptors (Lipinski definition) is 7. The van der Waals surface area contributed by atoms with E-state index in [9.17, 15) is 23.1 Å². The maximum absolute atomic E-state index is 13.8. The largest absolute Gasteiger partial charge is 0.477 e. The average Bonchev–Trinajstić information content (AvgIpc) is 3.33. The summed E-state index contributed by atoms with van der Waals surface area (Å²) in [6.07, 6.45) is 0. The number of nitrogens with zero attached hydrogens (tertiary/aromatic N) is 3. The smallest absolute Gasteiger partial charge is 0.347 e. The molecule has 40 heavy (non-hydrogen) atoms. The summed E-state index contributed by atoms with van der Waals surface area (Å²) in [5.41, 5.74) is 3.51. The molecule has 4 rings (SSSR count). The summed E-state index contributed by atoms with van der Waals surface area (Å²) in [7, 11) is -3.98.